The SMILES string of the molecule is O=S(O)c1ccc(CO)cc1F. The molecule has 0 fully saturated rings. The molecule has 0 saturated heterocycles. The summed E-state index contributed by atoms with van der Waals surface area (Å²) in [5, 5.41) is 8.59. The number of aliphatic hydroxyl groups excluding tert-OH is 1. The van der Waals surface area contributed by atoms with Crippen LogP contribution in [-0.4, -0.2) is 13.9 Å². The summed E-state index contributed by atoms with van der Waals surface area (Å²) < 4.78 is 31.8. The molecule has 0 aliphatic rings. The van der Waals surface area contributed by atoms with E-state index < -0.39 is 16.9 Å². The first-order valence-electron chi connectivity index (χ1n) is 3.15. The van der Waals surface area contributed by atoms with Crippen molar-refractivity contribution in [3.8, 4) is 0 Å². The highest BCUT2D eigenvalue weighted by Gasteiger charge is 2.07. The van der Waals surface area contributed by atoms with E-state index in [1.54, 1.807) is 0 Å². The van der Waals surface area contributed by atoms with Crippen molar-refractivity contribution in [2.75, 3.05) is 0 Å². The van der Waals surface area contributed by atoms with E-state index in [1.807, 2.05) is 0 Å². The molecule has 2 N–H and O–H groups in total. The average molecular weight is 190 g/mol. The molecule has 0 radical (unpaired) electrons. The number of halogens is 1. The third kappa shape index (κ3) is 1.88. The maximum atomic E-state index is 12.8. The molecule has 1 aromatic carbocycles. The van der Waals surface area contributed by atoms with Crippen molar-refractivity contribution in [1.82, 2.24) is 0 Å². The van der Waals surface area contributed by atoms with Crippen molar-refractivity contribution < 1.29 is 18.3 Å². The second-order valence-electron chi connectivity index (χ2n) is 2.17. The number of hydrogen-bond acceptors (Lipinski definition) is 2. The van der Waals surface area contributed by atoms with Crippen LogP contribution in [0.25, 0.3) is 0 Å². The Bertz CT molecular complexity index is 314. The Morgan fingerprint density at radius 3 is 2.58 bits per heavy atom. The van der Waals surface area contributed by atoms with Crippen molar-refractivity contribution in [2.45, 2.75) is 11.5 Å². The minimum Gasteiger partial charge on any atom is -0.392 e. The Morgan fingerprint density at radius 1 is 1.50 bits per heavy atom. The minimum atomic E-state index is -2.31. The van der Waals surface area contributed by atoms with Gasteiger partial charge in [-0.05, 0) is 17.7 Å². The molecule has 12 heavy (non-hydrogen) atoms. The summed E-state index contributed by atoms with van der Waals surface area (Å²) in [6, 6.07) is 3.60. The number of rotatable bonds is 2. The van der Waals surface area contributed by atoms with E-state index in [9.17, 15) is 8.60 Å². The second kappa shape index (κ2) is 3.75. The molecule has 0 spiro atoms. The molecule has 0 aliphatic heterocycles. The Labute approximate surface area is 71.1 Å². The fourth-order valence-electron chi connectivity index (χ4n) is 0.784. The predicted octanol–water partition coefficient (Wildman–Crippen LogP) is 0.899. The van der Waals surface area contributed by atoms with E-state index in [4.69, 9.17) is 9.66 Å². The van der Waals surface area contributed by atoms with Crippen LogP contribution in [0.4, 0.5) is 4.39 Å². The van der Waals surface area contributed by atoms with E-state index in [1.165, 1.54) is 12.1 Å². The molecule has 0 aromatic heterocycles. The average Bonchev–Trinajstić information content (AvgIpc) is 2.03. The van der Waals surface area contributed by atoms with Crippen LogP contribution in [0.3, 0.4) is 0 Å². The summed E-state index contributed by atoms with van der Waals surface area (Å²) in [7, 11) is 0. The molecule has 66 valence electrons. The van der Waals surface area contributed by atoms with E-state index >= 15 is 0 Å². The lowest BCUT2D eigenvalue weighted by Crippen LogP contribution is -1.95. The zero-order valence-electron chi connectivity index (χ0n) is 6.03. The predicted molar refractivity (Wildman–Crippen MR) is 41.4 cm³/mol. The molecular weight excluding hydrogens is 183 g/mol. The smallest absolute Gasteiger partial charge is 0.189 e. The number of aliphatic hydroxyl groups is 1. The molecule has 0 heterocycles. The van der Waals surface area contributed by atoms with Crippen LogP contribution in [0.2, 0.25) is 0 Å². The lowest BCUT2D eigenvalue weighted by molar-refractivity contribution is 0.281. The van der Waals surface area contributed by atoms with Crippen molar-refractivity contribution in [1.29, 1.82) is 0 Å². The molecule has 3 nitrogen and oxygen atoms in total. The van der Waals surface area contributed by atoms with Gasteiger partial charge in [0.2, 0.25) is 0 Å². The van der Waals surface area contributed by atoms with E-state index in [-0.39, 0.29) is 11.5 Å². The molecule has 0 bridgehead atoms. The maximum absolute atomic E-state index is 12.8. The van der Waals surface area contributed by atoms with Gasteiger partial charge in [0.15, 0.2) is 11.1 Å². The van der Waals surface area contributed by atoms with Crippen molar-refractivity contribution in [2.24, 2.45) is 0 Å². The Kier molecular flexibility index (Phi) is 2.91. The first-order valence-corrected chi connectivity index (χ1v) is 4.26. The molecule has 1 atom stereocenters. The molecule has 0 amide bonds. The topological polar surface area (TPSA) is 57.5 Å². The zero-order valence-corrected chi connectivity index (χ0v) is 6.84. The zero-order chi connectivity index (χ0) is 9.14. The quantitative estimate of drug-likeness (QED) is 0.681. The minimum absolute atomic E-state index is 0.271. The monoisotopic (exact) mass is 190 g/mol. The van der Waals surface area contributed by atoms with Crippen LogP contribution in [-0.2, 0) is 17.7 Å². The van der Waals surface area contributed by atoms with Crippen LogP contribution in [0.15, 0.2) is 23.1 Å². The van der Waals surface area contributed by atoms with Crippen LogP contribution < -0.4 is 0 Å². The van der Waals surface area contributed by atoms with Gasteiger partial charge in [-0.25, -0.2) is 8.60 Å². The van der Waals surface area contributed by atoms with Gasteiger partial charge in [-0.15, -0.1) is 0 Å². The Balaban J connectivity index is 3.12. The van der Waals surface area contributed by atoms with Gasteiger partial charge in [0, 0.05) is 0 Å². The number of benzene rings is 1. The third-order valence-corrected chi connectivity index (χ3v) is 2.07. The van der Waals surface area contributed by atoms with Gasteiger partial charge in [0.1, 0.15) is 10.7 Å². The summed E-state index contributed by atoms with van der Waals surface area (Å²) in [6.45, 7) is -0.282. The van der Waals surface area contributed by atoms with Gasteiger partial charge in [0.25, 0.3) is 0 Å². The van der Waals surface area contributed by atoms with E-state index in [0.717, 1.165) is 6.07 Å². The molecule has 0 aliphatic carbocycles. The van der Waals surface area contributed by atoms with E-state index in [0.29, 0.717) is 5.56 Å². The first-order chi connectivity index (χ1) is 5.65. The van der Waals surface area contributed by atoms with E-state index in [2.05, 4.69) is 0 Å². The van der Waals surface area contributed by atoms with Crippen LogP contribution in [0.5, 0.6) is 0 Å². The fraction of sp³-hybridized carbons (Fsp3) is 0.143. The first kappa shape index (κ1) is 9.31. The summed E-state index contributed by atoms with van der Waals surface area (Å²) >= 11 is -2.31. The second-order valence-corrected chi connectivity index (χ2v) is 3.11. The summed E-state index contributed by atoms with van der Waals surface area (Å²) in [4.78, 5) is -0.271. The van der Waals surface area contributed by atoms with Gasteiger partial charge in [-0.3, -0.25) is 0 Å². The van der Waals surface area contributed by atoms with Gasteiger partial charge in [-0.2, -0.15) is 0 Å². The third-order valence-electron chi connectivity index (χ3n) is 1.37. The molecule has 1 unspecified atom stereocenters. The maximum Gasteiger partial charge on any atom is 0.189 e. The number of hydrogen-bond donors (Lipinski definition) is 2. The largest absolute Gasteiger partial charge is 0.392 e. The van der Waals surface area contributed by atoms with Gasteiger partial charge in [-0.1, -0.05) is 6.07 Å². The molecule has 1 rings (SSSR count). The van der Waals surface area contributed by atoms with Crippen LogP contribution in [0.1, 0.15) is 5.56 Å². The normalized spacial score (nSPS) is 12.9. The summed E-state index contributed by atoms with van der Waals surface area (Å²) in [5.41, 5.74) is 0.377. The standard InChI is InChI=1S/C7H7FO3S/c8-6-3-5(4-9)1-2-7(6)12(10)11/h1-3,9H,4H2,(H,10,11). The van der Waals surface area contributed by atoms with Crippen molar-refractivity contribution in [3.63, 3.8) is 0 Å². The molecule has 0 saturated carbocycles. The van der Waals surface area contributed by atoms with Crippen LogP contribution >= 0.6 is 0 Å². The highest BCUT2D eigenvalue weighted by Crippen LogP contribution is 2.13. The fourth-order valence-corrected chi connectivity index (χ4v) is 1.19. The molecule has 1 aromatic rings. The van der Waals surface area contributed by atoms with Crippen molar-refractivity contribution in [3.05, 3.63) is 29.6 Å². The molecular formula is C7H7FO3S. The lowest BCUT2D eigenvalue weighted by Gasteiger charge is -1.99. The molecule has 5 heteroatoms. The Morgan fingerprint density at radius 2 is 2.17 bits per heavy atom. The summed E-state index contributed by atoms with van der Waals surface area (Å²) in [6.07, 6.45) is 0. The highest BCUT2D eigenvalue weighted by atomic mass is 32.2. The van der Waals surface area contributed by atoms with Gasteiger partial charge >= 0.3 is 0 Å². The Hall–Kier alpha value is -0.780. The highest BCUT2D eigenvalue weighted by molar-refractivity contribution is 7.79. The van der Waals surface area contributed by atoms with Crippen molar-refractivity contribution >= 4 is 11.1 Å². The van der Waals surface area contributed by atoms with Gasteiger partial charge < -0.3 is 9.66 Å². The summed E-state index contributed by atoms with van der Waals surface area (Å²) in [5.74, 6) is -0.776. The van der Waals surface area contributed by atoms with Gasteiger partial charge in [0.05, 0.1) is 6.61 Å². The lowest BCUT2D eigenvalue weighted by atomic mass is 10.2. The van der Waals surface area contributed by atoms with Crippen LogP contribution in [0, 0.1) is 5.82 Å².